The van der Waals surface area contributed by atoms with E-state index in [1.165, 1.54) is 0 Å². The highest BCUT2D eigenvalue weighted by Gasteiger charge is 2.39. The first-order valence-corrected chi connectivity index (χ1v) is 4.09. The van der Waals surface area contributed by atoms with E-state index >= 15 is 0 Å². The molecular formula is C8H17F3N2. The summed E-state index contributed by atoms with van der Waals surface area (Å²) in [6.45, 7) is 0.0867. The Labute approximate surface area is 77.3 Å². The van der Waals surface area contributed by atoms with Gasteiger partial charge in [0.05, 0.1) is 5.92 Å². The van der Waals surface area contributed by atoms with Gasteiger partial charge in [0, 0.05) is 13.1 Å². The van der Waals surface area contributed by atoms with Gasteiger partial charge in [-0.15, -0.1) is 0 Å². The third kappa shape index (κ3) is 5.87. The predicted molar refractivity (Wildman–Crippen MR) is 46.7 cm³/mol. The summed E-state index contributed by atoms with van der Waals surface area (Å²) in [6, 6.07) is 0. The van der Waals surface area contributed by atoms with Crippen molar-refractivity contribution in [3.05, 3.63) is 0 Å². The minimum Gasteiger partial charge on any atom is -0.309 e. The van der Waals surface area contributed by atoms with Gasteiger partial charge in [-0.05, 0) is 28.2 Å². The van der Waals surface area contributed by atoms with Crippen molar-refractivity contribution in [1.82, 2.24) is 9.80 Å². The maximum absolute atomic E-state index is 12.4. The Morgan fingerprint density at radius 3 is 1.38 bits per heavy atom. The Morgan fingerprint density at radius 2 is 1.23 bits per heavy atom. The minimum absolute atomic E-state index is 0.0433. The van der Waals surface area contributed by atoms with Crippen molar-refractivity contribution >= 4 is 0 Å². The van der Waals surface area contributed by atoms with Gasteiger partial charge < -0.3 is 9.80 Å². The fourth-order valence-electron chi connectivity index (χ4n) is 1.15. The van der Waals surface area contributed by atoms with E-state index in [0.717, 1.165) is 0 Å². The van der Waals surface area contributed by atoms with E-state index in [2.05, 4.69) is 0 Å². The number of rotatable bonds is 4. The summed E-state index contributed by atoms with van der Waals surface area (Å²) in [6.07, 6.45) is -4.10. The molecule has 0 bridgehead atoms. The second-order valence-corrected chi connectivity index (χ2v) is 3.76. The van der Waals surface area contributed by atoms with Crippen molar-refractivity contribution in [2.45, 2.75) is 6.18 Å². The fraction of sp³-hybridized carbons (Fsp3) is 1.00. The summed E-state index contributed by atoms with van der Waals surface area (Å²) in [5, 5.41) is 0. The molecule has 0 aromatic heterocycles. The second kappa shape index (κ2) is 4.81. The maximum Gasteiger partial charge on any atom is 0.394 e. The van der Waals surface area contributed by atoms with Crippen LogP contribution in [-0.4, -0.2) is 57.3 Å². The molecule has 0 rings (SSSR count). The lowest BCUT2D eigenvalue weighted by atomic mass is 10.1. The first-order valence-electron chi connectivity index (χ1n) is 4.09. The van der Waals surface area contributed by atoms with E-state index in [9.17, 15) is 13.2 Å². The van der Waals surface area contributed by atoms with Gasteiger partial charge >= 0.3 is 6.18 Å². The minimum atomic E-state index is -4.10. The molecule has 0 radical (unpaired) electrons. The van der Waals surface area contributed by atoms with Crippen LogP contribution in [0.3, 0.4) is 0 Å². The first kappa shape index (κ1) is 12.7. The van der Waals surface area contributed by atoms with Crippen LogP contribution in [0.1, 0.15) is 0 Å². The number of halogens is 3. The van der Waals surface area contributed by atoms with Crippen molar-refractivity contribution in [2.75, 3.05) is 41.3 Å². The van der Waals surface area contributed by atoms with Crippen molar-refractivity contribution in [3.8, 4) is 0 Å². The molecule has 0 aromatic rings. The summed E-state index contributed by atoms with van der Waals surface area (Å²) in [7, 11) is 6.59. The van der Waals surface area contributed by atoms with Gasteiger partial charge in [0.2, 0.25) is 0 Å². The molecule has 0 amide bonds. The van der Waals surface area contributed by atoms with E-state index in [0.29, 0.717) is 0 Å². The van der Waals surface area contributed by atoms with E-state index < -0.39 is 12.1 Å². The largest absolute Gasteiger partial charge is 0.394 e. The molecule has 13 heavy (non-hydrogen) atoms. The van der Waals surface area contributed by atoms with E-state index in [1.807, 2.05) is 0 Å². The van der Waals surface area contributed by atoms with Gasteiger partial charge in [-0.2, -0.15) is 13.2 Å². The van der Waals surface area contributed by atoms with Gasteiger partial charge in [0.25, 0.3) is 0 Å². The highest BCUT2D eigenvalue weighted by Crippen LogP contribution is 2.26. The molecule has 80 valence electrons. The lowest BCUT2D eigenvalue weighted by molar-refractivity contribution is -0.180. The molecule has 0 aliphatic heterocycles. The summed E-state index contributed by atoms with van der Waals surface area (Å²) >= 11 is 0. The molecule has 0 saturated carbocycles. The van der Waals surface area contributed by atoms with E-state index in [4.69, 9.17) is 0 Å². The van der Waals surface area contributed by atoms with Crippen LogP contribution < -0.4 is 0 Å². The van der Waals surface area contributed by atoms with Crippen LogP contribution in [0.2, 0.25) is 0 Å². The smallest absolute Gasteiger partial charge is 0.309 e. The highest BCUT2D eigenvalue weighted by molar-refractivity contribution is 4.72. The SMILES string of the molecule is CN(C)CC(CN(C)C)C(F)(F)F. The molecule has 0 fully saturated rings. The third-order valence-corrected chi connectivity index (χ3v) is 1.63. The van der Waals surface area contributed by atoms with Crippen LogP contribution in [0.4, 0.5) is 13.2 Å². The van der Waals surface area contributed by atoms with Crippen molar-refractivity contribution in [2.24, 2.45) is 5.92 Å². The number of hydrogen-bond acceptors (Lipinski definition) is 2. The summed E-state index contributed by atoms with van der Waals surface area (Å²) < 4.78 is 37.2. The molecule has 0 saturated heterocycles. The fourth-order valence-corrected chi connectivity index (χ4v) is 1.15. The molecule has 0 aliphatic carbocycles. The molecule has 2 nitrogen and oxygen atoms in total. The molecule has 0 unspecified atom stereocenters. The molecule has 0 aliphatic rings. The van der Waals surface area contributed by atoms with Crippen molar-refractivity contribution in [1.29, 1.82) is 0 Å². The quantitative estimate of drug-likeness (QED) is 0.671. The van der Waals surface area contributed by atoms with Crippen LogP contribution in [0.25, 0.3) is 0 Å². The normalized spacial score (nSPS) is 13.4. The average Bonchev–Trinajstić information content (AvgIpc) is 1.81. The highest BCUT2D eigenvalue weighted by atomic mass is 19.4. The summed E-state index contributed by atoms with van der Waals surface area (Å²) in [5.74, 6) is -1.27. The Morgan fingerprint density at radius 1 is 0.923 bits per heavy atom. The predicted octanol–water partition coefficient (Wildman–Crippen LogP) is 1.29. The Balaban J connectivity index is 4.20. The summed E-state index contributed by atoms with van der Waals surface area (Å²) in [5.41, 5.74) is 0. The number of nitrogens with zero attached hydrogens (tertiary/aromatic N) is 2. The van der Waals surface area contributed by atoms with Gasteiger partial charge in [0.1, 0.15) is 0 Å². The van der Waals surface area contributed by atoms with Gasteiger partial charge in [-0.3, -0.25) is 0 Å². The monoisotopic (exact) mass is 198 g/mol. The number of hydrogen-bond donors (Lipinski definition) is 0. The van der Waals surface area contributed by atoms with Crippen LogP contribution in [0.5, 0.6) is 0 Å². The molecule has 0 aromatic carbocycles. The Hall–Kier alpha value is -0.290. The Bertz CT molecular complexity index is 133. The third-order valence-electron chi connectivity index (χ3n) is 1.63. The summed E-state index contributed by atoms with van der Waals surface area (Å²) in [4.78, 5) is 3.11. The van der Waals surface area contributed by atoms with Crippen LogP contribution in [0.15, 0.2) is 0 Å². The molecule has 5 heteroatoms. The molecule has 0 atom stereocenters. The van der Waals surface area contributed by atoms with E-state index in [1.54, 1.807) is 38.0 Å². The van der Waals surface area contributed by atoms with Crippen molar-refractivity contribution < 1.29 is 13.2 Å². The van der Waals surface area contributed by atoms with E-state index in [-0.39, 0.29) is 13.1 Å². The lowest BCUT2D eigenvalue weighted by Crippen LogP contribution is -2.39. The van der Waals surface area contributed by atoms with Crippen molar-refractivity contribution in [3.63, 3.8) is 0 Å². The van der Waals surface area contributed by atoms with Crippen LogP contribution >= 0.6 is 0 Å². The maximum atomic E-state index is 12.4. The van der Waals surface area contributed by atoms with Crippen LogP contribution in [-0.2, 0) is 0 Å². The topological polar surface area (TPSA) is 6.48 Å². The number of alkyl halides is 3. The first-order chi connectivity index (χ1) is 5.73. The lowest BCUT2D eigenvalue weighted by Gasteiger charge is -2.26. The molecule has 0 spiro atoms. The standard InChI is InChI=1S/C8H17F3N2/c1-12(2)5-7(6-13(3)4)8(9,10)11/h7H,5-6H2,1-4H3. The zero-order chi connectivity index (χ0) is 10.6. The zero-order valence-corrected chi connectivity index (χ0v) is 8.52. The Kier molecular flexibility index (Phi) is 4.70. The molecular weight excluding hydrogens is 181 g/mol. The zero-order valence-electron chi connectivity index (χ0n) is 8.52. The second-order valence-electron chi connectivity index (χ2n) is 3.76. The molecule has 0 heterocycles. The van der Waals surface area contributed by atoms with Crippen LogP contribution in [0, 0.1) is 5.92 Å². The van der Waals surface area contributed by atoms with Gasteiger partial charge in [0.15, 0.2) is 0 Å². The molecule has 0 N–H and O–H groups in total. The average molecular weight is 198 g/mol. The van der Waals surface area contributed by atoms with Gasteiger partial charge in [-0.1, -0.05) is 0 Å². The van der Waals surface area contributed by atoms with Gasteiger partial charge in [-0.25, -0.2) is 0 Å².